The van der Waals surface area contributed by atoms with Crippen molar-refractivity contribution in [2.45, 2.75) is 58.8 Å². The number of benzene rings is 1. The normalized spacial score (nSPS) is 13.8. The number of nitriles is 1. The van der Waals surface area contributed by atoms with Crippen molar-refractivity contribution in [2.75, 3.05) is 13.1 Å². The molecule has 26 heavy (non-hydrogen) atoms. The minimum Gasteiger partial charge on any atom is -0.444 e. The first-order chi connectivity index (χ1) is 12.1. The molecular formula is C20H31N3O3. The zero-order valence-electron chi connectivity index (χ0n) is 16.4. The Balaban J connectivity index is 2.78. The number of aliphatic hydroxyl groups excluding tert-OH is 1. The molecule has 0 saturated carbocycles. The summed E-state index contributed by atoms with van der Waals surface area (Å²) in [7, 11) is 0. The van der Waals surface area contributed by atoms with Gasteiger partial charge in [-0.1, -0.05) is 26.0 Å². The van der Waals surface area contributed by atoms with Crippen LogP contribution in [0.1, 0.15) is 45.7 Å². The summed E-state index contributed by atoms with van der Waals surface area (Å²) in [6.07, 6.45) is -0.883. The molecule has 0 saturated heterocycles. The molecule has 0 heterocycles. The highest BCUT2D eigenvalue weighted by Gasteiger charge is 2.25. The van der Waals surface area contributed by atoms with E-state index in [9.17, 15) is 9.90 Å². The van der Waals surface area contributed by atoms with Crippen molar-refractivity contribution in [1.82, 2.24) is 10.6 Å². The molecule has 6 nitrogen and oxygen atoms in total. The van der Waals surface area contributed by atoms with Gasteiger partial charge in [-0.3, -0.25) is 0 Å². The van der Waals surface area contributed by atoms with Crippen LogP contribution in [0.25, 0.3) is 0 Å². The van der Waals surface area contributed by atoms with Crippen LogP contribution in [0.4, 0.5) is 4.79 Å². The zero-order valence-corrected chi connectivity index (χ0v) is 16.4. The molecule has 0 aliphatic heterocycles. The fourth-order valence-electron chi connectivity index (χ4n) is 2.37. The third-order valence-electron chi connectivity index (χ3n) is 3.61. The van der Waals surface area contributed by atoms with Gasteiger partial charge in [0, 0.05) is 6.54 Å². The van der Waals surface area contributed by atoms with E-state index < -0.39 is 23.8 Å². The number of amides is 1. The molecule has 2 atom stereocenters. The van der Waals surface area contributed by atoms with Crippen molar-refractivity contribution in [3.8, 4) is 6.07 Å². The van der Waals surface area contributed by atoms with Gasteiger partial charge in [0.15, 0.2) is 0 Å². The van der Waals surface area contributed by atoms with Gasteiger partial charge in [0.25, 0.3) is 0 Å². The summed E-state index contributed by atoms with van der Waals surface area (Å²) in [6.45, 7) is 10.7. The van der Waals surface area contributed by atoms with Crippen molar-refractivity contribution in [1.29, 1.82) is 5.26 Å². The third-order valence-corrected chi connectivity index (χ3v) is 3.61. The number of carbonyl (C=O) groups excluding carboxylic acids is 1. The first kappa shape index (κ1) is 21.9. The first-order valence-electron chi connectivity index (χ1n) is 8.98. The average molecular weight is 361 g/mol. The van der Waals surface area contributed by atoms with Gasteiger partial charge in [-0.05, 0) is 57.4 Å². The minimum absolute atomic E-state index is 0.370. The number of carbonyl (C=O) groups is 1. The zero-order chi connectivity index (χ0) is 19.7. The number of alkyl carbamates (subject to hydrolysis) is 1. The van der Waals surface area contributed by atoms with E-state index in [-0.39, 0.29) is 0 Å². The van der Waals surface area contributed by atoms with Crippen LogP contribution in [0, 0.1) is 17.2 Å². The second-order valence-corrected chi connectivity index (χ2v) is 7.89. The summed E-state index contributed by atoms with van der Waals surface area (Å²) in [5.74, 6) is 0.470. The van der Waals surface area contributed by atoms with Crippen LogP contribution < -0.4 is 10.6 Å². The molecule has 0 bridgehead atoms. The van der Waals surface area contributed by atoms with E-state index in [1.807, 2.05) is 12.1 Å². The summed E-state index contributed by atoms with van der Waals surface area (Å²) < 4.78 is 5.31. The van der Waals surface area contributed by atoms with E-state index in [1.54, 1.807) is 32.9 Å². The van der Waals surface area contributed by atoms with Crippen LogP contribution in [0.15, 0.2) is 24.3 Å². The monoisotopic (exact) mass is 361 g/mol. The average Bonchev–Trinajstić information content (AvgIpc) is 2.52. The van der Waals surface area contributed by atoms with Crippen molar-refractivity contribution >= 4 is 6.09 Å². The first-order valence-corrected chi connectivity index (χ1v) is 8.98. The van der Waals surface area contributed by atoms with Crippen molar-refractivity contribution in [3.63, 3.8) is 0 Å². The van der Waals surface area contributed by atoms with Crippen molar-refractivity contribution in [2.24, 2.45) is 5.92 Å². The van der Waals surface area contributed by atoms with E-state index >= 15 is 0 Å². The second-order valence-electron chi connectivity index (χ2n) is 7.89. The molecule has 3 N–H and O–H groups in total. The lowest BCUT2D eigenvalue weighted by Gasteiger charge is -2.27. The molecule has 6 heteroatoms. The van der Waals surface area contributed by atoms with Gasteiger partial charge in [0.1, 0.15) is 5.60 Å². The molecule has 1 aromatic rings. The predicted molar refractivity (Wildman–Crippen MR) is 102 cm³/mol. The Morgan fingerprint density at radius 3 is 2.35 bits per heavy atom. The highest BCUT2D eigenvalue weighted by Crippen LogP contribution is 2.11. The Hall–Kier alpha value is -2.10. The molecular weight excluding hydrogens is 330 g/mol. The number of hydrogen-bond acceptors (Lipinski definition) is 5. The molecule has 0 unspecified atom stereocenters. The fourth-order valence-corrected chi connectivity index (χ4v) is 2.37. The molecule has 1 rings (SSSR count). The molecule has 1 amide bonds. The minimum atomic E-state index is -0.767. The van der Waals surface area contributed by atoms with E-state index in [0.29, 0.717) is 24.4 Å². The van der Waals surface area contributed by atoms with Gasteiger partial charge in [0.05, 0.1) is 23.8 Å². The van der Waals surface area contributed by atoms with Crippen LogP contribution in [0.2, 0.25) is 0 Å². The van der Waals surface area contributed by atoms with E-state index in [0.717, 1.165) is 12.1 Å². The Kier molecular flexibility index (Phi) is 8.56. The van der Waals surface area contributed by atoms with Crippen molar-refractivity contribution < 1.29 is 14.6 Å². The van der Waals surface area contributed by atoms with Crippen LogP contribution in [-0.4, -0.2) is 42.0 Å². The Morgan fingerprint density at radius 1 is 1.23 bits per heavy atom. The van der Waals surface area contributed by atoms with E-state index in [2.05, 4.69) is 30.6 Å². The Bertz CT molecular complexity index is 600. The topological polar surface area (TPSA) is 94.4 Å². The third kappa shape index (κ3) is 8.84. The van der Waals surface area contributed by atoms with Gasteiger partial charge < -0.3 is 20.5 Å². The highest BCUT2D eigenvalue weighted by molar-refractivity contribution is 5.68. The maximum Gasteiger partial charge on any atom is 0.407 e. The van der Waals surface area contributed by atoms with Crippen molar-refractivity contribution in [3.05, 3.63) is 35.4 Å². The smallest absolute Gasteiger partial charge is 0.407 e. The Labute approximate surface area is 156 Å². The van der Waals surface area contributed by atoms with Gasteiger partial charge in [-0.25, -0.2) is 4.79 Å². The van der Waals surface area contributed by atoms with Crippen LogP contribution in [0.5, 0.6) is 0 Å². The van der Waals surface area contributed by atoms with E-state index in [1.165, 1.54) is 0 Å². The summed E-state index contributed by atoms with van der Waals surface area (Å²) in [6, 6.07) is 8.69. The molecule has 0 radical (unpaired) electrons. The molecule has 0 aromatic heterocycles. The number of nitrogens with zero attached hydrogens (tertiary/aromatic N) is 1. The quantitative estimate of drug-likeness (QED) is 0.662. The summed E-state index contributed by atoms with van der Waals surface area (Å²) in [5, 5.41) is 25.4. The summed E-state index contributed by atoms with van der Waals surface area (Å²) in [4.78, 5) is 12.1. The molecule has 0 fully saturated rings. The highest BCUT2D eigenvalue weighted by atomic mass is 16.6. The lowest BCUT2D eigenvalue weighted by molar-refractivity contribution is 0.0422. The second kappa shape index (κ2) is 10.1. The van der Waals surface area contributed by atoms with E-state index in [4.69, 9.17) is 10.00 Å². The SMILES string of the molecule is CC(C)CNC[C@@H](O)[C@H](Cc1ccc(C#N)cc1)NC(=O)OC(C)(C)C. The number of hydrogen-bond donors (Lipinski definition) is 3. The van der Waals surface area contributed by atoms with Gasteiger partial charge >= 0.3 is 6.09 Å². The number of aliphatic hydroxyl groups is 1. The van der Waals surface area contributed by atoms with Crippen LogP contribution in [0.3, 0.4) is 0 Å². The largest absolute Gasteiger partial charge is 0.444 e. The number of nitrogens with one attached hydrogen (secondary N) is 2. The fraction of sp³-hybridized carbons (Fsp3) is 0.600. The number of rotatable bonds is 8. The molecule has 1 aromatic carbocycles. The number of ether oxygens (including phenoxy) is 1. The van der Waals surface area contributed by atoms with Gasteiger partial charge in [-0.15, -0.1) is 0 Å². The molecule has 0 aliphatic carbocycles. The molecule has 0 aliphatic rings. The van der Waals surface area contributed by atoms with Crippen LogP contribution >= 0.6 is 0 Å². The molecule has 0 spiro atoms. The maximum atomic E-state index is 12.1. The summed E-state index contributed by atoms with van der Waals surface area (Å²) >= 11 is 0. The summed E-state index contributed by atoms with van der Waals surface area (Å²) in [5.41, 5.74) is 0.890. The van der Waals surface area contributed by atoms with Gasteiger partial charge in [0.2, 0.25) is 0 Å². The standard InChI is InChI=1S/C20H31N3O3/c1-14(2)12-22-13-18(24)17(23-19(25)26-20(3,4)5)10-15-6-8-16(11-21)9-7-15/h6-9,14,17-18,22,24H,10,12-13H2,1-5H3,(H,23,25)/t17-,18+/m0/s1. The lowest BCUT2D eigenvalue weighted by atomic mass is 10.00. The van der Waals surface area contributed by atoms with Crippen LogP contribution in [-0.2, 0) is 11.2 Å². The maximum absolute atomic E-state index is 12.1. The van der Waals surface area contributed by atoms with Gasteiger partial charge in [-0.2, -0.15) is 5.26 Å². The lowest BCUT2D eigenvalue weighted by Crippen LogP contribution is -2.50. The molecule has 144 valence electrons. The Morgan fingerprint density at radius 2 is 1.85 bits per heavy atom. The predicted octanol–water partition coefficient (Wildman–Crippen LogP) is 2.60.